The van der Waals surface area contributed by atoms with Crippen LogP contribution in [0.1, 0.15) is 31.4 Å². The van der Waals surface area contributed by atoms with Crippen molar-refractivity contribution >= 4 is 22.5 Å². The predicted molar refractivity (Wildman–Crippen MR) is 142 cm³/mol. The van der Waals surface area contributed by atoms with Crippen LogP contribution in [-0.4, -0.2) is 47.3 Å². The van der Waals surface area contributed by atoms with Crippen LogP contribution in [0.25, 0.3) is 10.8 Å². The molecule has 182 valence electrons. The van der Waals surface area contributed by atoms with Crippen molar-refractivity contribution in [1.82, 2.24) is 10.2 Å². The Bertz CT molecular complexity index is 1200. The van der Waals surface area contributed by atoms with E-state index in [0.29, 0.717) is 32.4 Å². The normalized spacial score (nSPS) is 17.7. The molecule has 5 heteroatoms. The number of nitrogens with zero attached hydrogens (tertiary/aromatic N) is 1. The first-order valence-electron chi connectivity index (χ1n) is 12.3. The summed E-state index contributed by atoms with van der Waals surface area (Å²) >= 11 is 0. The van der Waals surface area contributed by atoms with Gasteiger partial charge in [-0.05, 0) is 54.7 Å². The Morgan fingerprint density at radius 1 is 1.06 bits per heavy atom. The number of ketones is 1. The molecule has 0 spiro atoms. The number of piperazine rings is 1. The smallest absolute Gasteiger partial charge is 0.240 e. The van der Waals surface area contributed by atoms with Crippen LogP contribution in [0.15, 0.2) is 84.9 Å². The van der Waals surface area contributed by atoms with Gasteiger partial charge >= 0.3 is 0 Å². The minimum Gasteiger partial charge on any atom is -0.329 e. The van der Waals surface area contributed by atoms with E-state index >= 15 is 0 Å². The largest absolute Gasteiger partial charge is 0.329 e. The molecule has 0 bridgehead atoms. The lowest BCUT2D eigenvalue weighted by molar-refractivity contribution is -0.142. The maximum absolute atomic E-state index is 13.6. The minimum absolute atomic E-state index is 0.0220. The van der Waals surface area contributed by atoms with E-state index in [0.717, 1.165) is 16.5 Å². The number of hydrogen-bond donors (Lipinski definition) is 2. The fourth-order valence-corrected chi connectivity index (χ4v) is 4.62. The quantitative estimate of drug-likeness (QED) is 0.464. The molecule has 1 amide bonds. The lowest BCUT2D eigenvalue weighted by atomic mass is 9.95. The summed E-state index contributed by atoms with van der Waals surface area (Å²) in [7, 11) is 0. The lowest BCUT2D eigenvalue weighted by Gasteiger charge is -2.38. The Morgan fingerprint density at radius 3 is 2.51 bits per heavy atom. The van der Waals surface area contributed by atoms with Gasteiger partial charge in [0.1, 0.15) is 0 Å². The fourth-order valence-electron chi connectivity index (χ4n) is 4.62. The maximum atomic E-state index is 13.6. The third-order valence-corrected chi connectivity index (χ3v) is 6.48. The number of rotatable bonds is 9. The highest BCUT2D eigenvalue weighted by Crippen LogP contribution is 2.20. The average molecular weight is 470 g/mol. The van der Waals surface area contributed by atoms with Crippen LogP contribution in [0, 0.1) is 0 Å². The molecule has 0 saturated carbocycles. The molecule has 0 radical (unpaired) electrons. The minimum atomic E-state index is -0.539. The van der Waals surface area contributed by atoms with Crippen LogP contribution in [0.3, 0.4) is 0 Å². The summed E-state index contributed by atoms with van der Waals surface area (Å²) < 4.78 is 0. The first-order chi connectivity index (χ1) is 16.8. The molecule has 2 atom stereocenters. The summed E-state index contributed by atoms with van der Waals surface area (Å²) in [5.41, 5.74) is 7.83. The molecule has 0 aliphatic carbocycles. The Morgan fingerprint density at radius 2 is 1.77 bits per heavy atom. The summed E-state index contributed by atoms with van der Waals surface area (Å²) in [5.74, 6) is -0.0796. The van der Waals surface area contributed by atoms with Gasteiger partial charge in [-0.2, -0.15) is 0 Å². The molecule has 3 aromatic carbocycles. The number of nitrogens with one attached hydrogen (secondary N) is 1. The highest BCUT2D eigenvalue weighted by Gasteiger charge is 2.35. The number of benzene rings is 3. The molecule has 3 aromatic rings. The van der Waals surface area contributed by atoms with E-state index in [-0.39, 0.29) is 23.3 Å². The Kier molecular flexibility index (Phi) is 7.79. The predicted octanol–water partition coefficient (Wildman–Crippen LogP) is 4.05. The monoisotopic (exact) mass is 469 g/mol. The average Bonchev–Trinajstić information content (AvgIpc) is 2.84. The van der Waals surface area contributed by atoms with Crippen LogP contribution in [0.5, 0.6) is 0 Å². The van der Waals surface area contributed by atoms with Gasteiger partial charge in [0, 0.05) is 25.0 Å². The van der Waals surface area contributed by atoms with Crippen LogP contribution >= 0.6 is 0 Å². The third-order valence-electron chi connectivity index (χ3n) is 6.48. The second-order valence-corrected chi connectivity index (χ2v) is 10.1. The number of hydrogen-bond acceptors (Lipinski definition) is 4. The van der Waals surface area contributed by atoms with E-state index in [1.165, 1.54) is 5.39 Å². The van der Waals surface area contributed by atoms with Gasteiger partial charge in [-0.15, -0.1) is 0 Å². The molecule has 35 heavy (non-hydrogen) atoms. The van der Waals surface area contributed by atoms with Gasteiger partial charge in [-0.25, -0.2) is 0 Å². The van der Waals surface area contributed by atoms with Gasteiger partial charge in [-0.1, -0.05) is 78.9 Å². The summed E-state index contributed by atoms with van der Waals surface area (Å²) in [6.45, 7) is 5.02. The van der Waals surface area contributed by atoms with Gasteiger partial charge in [0.05, 0.1) is 12.1 Å². The van der Waals surface area contributed by atoms with Crippen molar-refractivity contribution in [2.45, 2.75) is 50.7 Å². The molecule has 1 aliphatic heterocycles. The van der Waals surface area contributed by atoms with Crippen molar-refractivity contribution in [3.05, 3.63) is 96.1 Å². The van der Waals surface area contributed by atoms with Gasteiger partial charge in [0.2, 0.25) is 5.91 Å². The molecule has 1 aliphatic rings. The third kappa shape index (κ3) is 6.65. The van der Waals surface area contributed by atoms with E-state index in [1.807, 2.05) is 62.4 Å². The summed E-state index contributed by atoms with van der Waals surface area (Å²) in [6, 6.07) is 23.6. The lowest BCUT2D eigenvalue weighted by Crippen LogP contribution is -2.60. The van der Waals surface area contributed by atoms with Crippen molar-refractivity contribution in [1.29, 1.82) is 0 Å². The highest BCUT2D eigenvalue weighted by atomic mass is 16.2. The van der Waals surface area contributed by atoms with E-state index in [2.05, 4.69) is 35.6 Å². The molecule has 0 aromatic heterocycles. The van der Waals surface area contributed by atoms with Gasteiger partial charge in [-0.3, -0.25) is 9.59 Å². The van der Waals surface area contributed by atoms with Crippen molar-refractivity contribution in [3.63, 3.8) is 0 Å². The topological polar surface area (TPSA) is 75.4 Å². The number of nitrogens with two attached hydrogens (primary N) is 1. The summed E-state index contributed by atoms with van der Waals surface area (Å²) in [4.78, 5) is 28.8. The number of carbonyl (C=O) groups excluding carboxylic acids is 2. The SMILES string of the molecule is CC(C)(N)CC=CC(=O)C(Cc1ccccc1)N1CCN[C@H](Cc2ccc3ccccc3c2)C1=O. The Hall–Kier alpha value is -3.28. The van der Waals surface area contributed by atoms with E-state index in [1.54, 1.807) is 11.0 Å². The Labute approximate surface area is 208 Å². The standard InChI is InChI=1S/C30H35N3O2/c1-30(2,31)16-8-13-28(34)27(21-22-9-4-3-5-10-22)33-18-17-32-26(29(33)35)20-23-14-15-24-11-6-7-12-25(24)19-23/h3-15,19,26-27,32H,16-18,20-21,31H2,1-2H3/t26-,27?/m1/s1. The van der Waals surface area contributed by atoms with Crippen molar-refractivity contribution in [3.8, 4) is 0 Å². The molecule has 1 fully saturated rings. The summed E-state index contributed by atoms with van der Waals surface area (Å²) in [5, 5.41) is 5.72. The molecular weight excluding hydrogens is 434 g/mol. The molecule has 4 rings (SSSR count). The van der Waals surface area contributed by atoms with Gasteiger partial charge in [0.15, 0.2) is 5.78 Å². The summed E-state index contributed by atoms with van der Waals surface area (Å²) in [6.07, 6.45) is 5.11. The van der Waals surface area contributed by atoms with Crippen molar-refractivity contribution < 1.29 is 9.59 Å². The van der Waals surface area contributed by atoms with E-state index in [4.69, 9.17) is 5.73 Å². The molecule has 3 N–H and O–H groups in total. The maximum Gasteiger partial charge on any atom is 0.240 e. The number of amides is 1. The first-order valence-corrected chi connectivity index (χ1v) is 12.3. The van der Waals surface area contributed by atoms with Crippen LogP contribution < -0.4 is 11.1 Å². The van der Waals surface area contributed by atoms with Crippen LogP contribution in [-0.2, 0) is 22.4 Å². The number of carbonyl (C=O) groups is 2. The van der Waals surface area contributed by atoms with E-state index in [9.17, 15) is 9.59 Å². The molecular formula is C30H35N3O2. The first kappa shape index (κ1) is 24.8. The second kappa shape index (κ2) is 11.0. The van der Waals surface area contributed by atoms with Crippen LogP contribution in [0.2, 0.25) is 0 Å². The molecule has 1 unspecified atom stereocenters. The fraction of sp³-hybridized carbons (Fsp3) is 0.333. The number of fused-ring (bicyclic) bond motifs is 1. The Balaban J connectivity index is 1.54. The zero-order valence-corrected chi connectivity index (χ0v) is 20.6. The van der Waals surface area contributed by atoms with Gasteiger partial charge < -0.3 is 16.0 Å². The highest BCUT2D eigenvalue weighted by molar-refractivity contribution is 5.98. The molecule has 5 nitrogen and oxygen atoms in total. The van der Waals surface area contributed by atoms with Crippen molar-refractivity contribution in [2.75, 3.05) is 13.1 Å². The van der Waals surface area contributed by atoms with E-state index < -0.39 is 6.04 Å². The zero-order valence-electron chi connectivity index (χ0n) is 20.6. The molecule has 1 heterocycles. The second-order valence-electron chi connectivity index (χ2n) is 10.1. The van der Waals surface area contributed by atoms with Gasteiger partial charge in [0.25, 0.3) is 0 Å². The molecule has 1 saturated heterocycles. The van der Waals surface area contributed by atoms with Crippen molar-refractivity contribution in [2.24, 2.45) is 5.73 Å². The van der Waals surface area contributed by atoms with Crippen LogP contribution in [0.4, 0.5) is 0 Å². The zero-order chi connectivity index (χ0) is 24.8.